The molecule has 4 aliphatic carbocycles. The van der Waals surface area contributed by atoms with E-state index < -0.39 is 11.9 Å². The lowest BCUT2D eigenvalue weighted by atomic mass is 9.47. The Kier molecular flexibility index (Phi) is 9.65. The molecule has 4 N–H and O–H groups in total. The molecule has 0 heterocycles. The fourth-order valence-corrected chi connectivity index (χ4v) is 10.1. The van der Waals surface area contributed by atoms with Gasteiger partial charge in [-0.15, -0.1) is 11.8 Å². The summed E-state index contributed by atoms with van der Waals surface area (Å²) >= 11 is 1.32. The molecule has 4 rings (SSSR count). The molecule has 0 aromatic heterocycles. The summed E-state index contributed by atoms with van der Waals surface area (Å²) in [6, 6.07) is -0.718. The average Bonchev–Trinajstić information content (AvgIpc) is 3.21. The van der Waals surface area contributed by atoms with Crippen molar-refractivity contribution in [3.8, 4) is 0 Å². The highest BCUT2D eigenvalue weighted by Gasteiger charge is 2.59. The zero-order valence-electron chi connectivity index (χ0n) is 24.7. The number of fused-ring (bicyclic) bond motifs is 5. The molecule has 0 aromatic rings. The summed E-state index contributed by atoms with van der Waals surface area (Å²) in [7, 11) is 0. The van der Waals surface area contributed by atoms with E-state index in [0.717, 1.165) is 54.8 Å². The Labute approximate surface area is 236 Å². The highest BCUT2D eigenvalue weighted by Crippen LogP contribution is 2.67. The van der Waals surface area contributed by atoms with Crippen LogP contribution in [0.2, 0.25) is 0 Å². The topological polar surface area (TPSA) is 95.4 Å². The van der Waals surface area contributed by atoms with E-state index in [0.29, 0.717) is 11.2 Å². The predicted octanol–water partition coefficient (Wildman–Crippen LogP) is 6.49. The second-order valence-corrected chi connectivity index (χ2v) is 15.2. The van der Waals surface area contributed by atoms with Gasteiger partial charge < -0.3 is 16.2 Å². The van der Waals surface area contributed by atoms with E-state index in [2.05, 4.69) is 40.7 Å². The maximum absolute atomic E-state index is 12.5. The molecule has 1 amide bonds. The van der Waals surface area contributed by atoms with Crippen molar-refractivity contribution in [2.24, 2.45) is 57.8 Å². The summed E-state index contributed by atoms with van der Waals surface area (Å²) in [6.45, 7) is 12.4. The number of primary amides is 1. The molecule has 0 aliphatic heterocycles. The number of hydrogen-bond acceptors (Lipinski definition) is 5. The van der Waals surface area contributed by atoms with Gasteiger partial charge in [0.15, 0.2) is 0 Å². The number of thioether (sulfide) groups is 1. The quantitative estimate of drug-likeness (QED) is 0.228. The van der Waals surface area contributed by atoms with Gasteiger partial charge in [0.1, 0.15) is 6.10 Å². The van der Waals surface area contributed by atoms with Crippen molar-refractivity contribution in [2.45, 2.75) is 117 Å². The number of amides is 1. The number of carbonyl (C=O) groups is 2. The third kappa shape index (κ3) is 6.16. The van der Waals surface area contributed by atoms with Gasteiger partial charge in [-0.25, -0.2) is 0 Å². The van der Waals surface area contributed by atoms with Crippen LogP contribution in [-0.4, -0.2) is 35.5 Å². The van der Waals surface area contributed by atoms with Gasteiger partial charge in [-0.3, -0.25) is 9.59 Å². The molecule has 3 fully saturated rings. The van der Waals surface area contributed by atoms with Crippen molar-refractivity contribution < 1.29 is 14.3 Å². The molecular formula is C32H54N2O3S. The highest BCUT2D eigenvalue weighted by molar-refractivity contribution is 8.00. The van der Waals surface area contributed by atoms with Crippen molar-refractivity contribution in [1.29, 1.82) is 0 Å². The van der Waals surface area contributed by atoms with Crippen LogP contribution in [0.25, 0.3) is 0 Å². The van der Waals surface area contributed by atoms with Crippen LogP contribution < -0.4 is 11.5 Å². The minimum atomic E-state index is -0.718. The molecule has 0 spiro atoms. The van der Waals surface area contributed by atoms with Gasteiger partial charge in [0.25, 0.3) is 0 Å². The number of esters is 1. The first-order valence-electron chi connectivity index (χ1n) is 15.5. The molecule has 216 valence electrons. The van der Waals surface area contributed by atoms with Crippen LogP contribution in [0.3, 0.4) is 0 Å². The summed E-state index contributed by atoms with van der Waals surface area (Å²) in [6.07, 6.45) is 16.5. The summed E-state index contributed by atoms with van der Waals surface area (Å²) < 4.78 is 5.88. The van der Waals surface area contributed by atoms with Crippen LogP contribution in [0, 0.1) is 46.3 Å². The van der Waals surface area contributed by atoms with Gasteiger partial charge in [-0.05, 0) is 91.3 Å². The normalized spacial score (nSPS) is 38.0. The van der Waals surface area contributed by atoms with E-state index in [4.69, 9.17) is 16.2 Å². The van der Waals surface area contributed by atoms with Crippen LogP contribution in [0.4, 0.5) is 0 Å². The SMILES string of the molecule is CC(C)CCC[C@@H](C)[C@H]1CC[C@H]2[C@@H]3CC=C4CC(OC(=O)CSC[C@H](N)C(N)=O)CC[C@]4(C)[C@H]3CC[C@]12C. The number of hydrogen-bond donors (Lipinski definition) is 2. The van der Waals surface area contributed by atoms with E-state index in [-0.39, 0.29) is 23.2 Å². The Balaban J connectivity index is 1.34. The molecule has 3 saturated carbocycles. The van der Waals surface area contributed by atoms with Gasteiger partial charge >= 0.3 is 5.97 Å². The van der Waals surface area contributed by atoms with Crippen molar-refractivity contribution in [3.05, 3.63) is 11.6 Å². The molecule has 0 radical (unpaired) electrons. The second kappa shape index (κ2) is 12.2. The first-order chi connectivity index (χ1) is 18.0. The number of carbonyl (C=O) groups excluding carboxylic acids is 2. The van der Waals surface area contributed by atoms with Crippen molar-refractivity contribution in [1.82, 2.24) is 0 Å². The van der Waals surface area contributed by atoms with Crippen LogP contribution >= 0.6 is 11.8 Å². The first kappa shape index (κ1) is 30.0. The second-order valence-electron chi connectivity index (χ2n) is 14.2. The van der Waals surface area contributed by atoms with Gasteiger partial charge in [0, 0.05) is 12.2 Å². The summed E-state index contributed by atoms with van der Waals surface area (Å²) in [5.41, 5.74) is 13.2. The molecule has 0 bridgehead atoms. The highest BCUT2D eigenvalue weighted by atomic mass is 32.2. The molecule has 0 saturated heterocycles. The molecule has 4 aliphatic rings. The molecule has 6 heteroatoms. The molecule has 38 heavy (non-hydrogen) atoms. The minimum Gasteiger partial charge on any atom is -0.461 e. The van der Waals surface area contributed by atoms with E-state index in [1.54, 1.807) is 5.57 Å². The third-order valence-corrected chi connectivity index (χ3v) is 12.5. The Morgan fingerprint density at radius 1 is 1.08 bits per heavy atom. The average molecular weight is 547 g/mol. The van der Waals surface area contributed by atoms with Crippen LogP contribution in [0.1, 0.15) is 105 Å². The zero-order chi connectivity index (χ0) is 27.7. The largest absolute Gasteiger partial charge is 0.461 e. The third-order valence-electron chi connectivity index (χ3n) is 11.4. The van der Waals surface area contributed by atoms with Crippen LogP contribution in [-0.2, 0) is 14.3 Å². The van der Waals surface area contributed by atoms with Crippen molar-refractivity contribution in [3.63, 3.8) is 0 Å². The molecule has 5 nitrogen and oxygen atoms in total. The van der Waals surface area contributed by atoms with Crippen molar-refractivity contribution in [2.75, 3.05) is 11.5 Å². The standard InChI is InChI=1S/C32H54N2O3S/c1-20(2)7-6-8-21(3)25-11-12-26-24-10-9-22-17-23(37-29(35)19-38-18-28(33)30(34)36)13-15-31(22,4)27(24)14-16-32(25,26)5/h9,20-21,23-28H,6-8,10-19,33H2,1-5H3,(H2,34,36)/t21-,23?,24+,25-,26+,27+,28+,31+,32-/m1/s1. The Bertz CT molecular complexity index is 890. The lowest BCUT2D eigenvalue weighted by Crippen LogP contribution is -2.51. The van der Waals surface area contributed by atoms with E-state index >= 15 is 0 Å². The van der Waals surface area contributed by atoms with Crippen molar-refractivity contribution >= 4 is 23.6 Å². The lowest BCUT2D eigenvalue weighted by Gasteiger charge is -2.58. The number of allylic oxidation sites excluding steroid dienone is 1. The molecule has 1 unspecified atom stereocenters. The maximum Gasteiger partial charge on any atom is 0.316 e. The number of nitrogens with two attached hydrogens (primary N) is 2. The van der Waals surface area contributed by atoms with Crippen LogP contribution in [0.5, 0.6) is 0 Å². The summed E-state index contributed by atoms with van der Waals surface area (Å²) in [5.74, 6) is 4.85. The summed E-state index contributed by atoms with van der Waals surface area (Å²) in [4.78, 5) is 23.6. The van der Waals surface area contributed by atoms with E-state index in [1.807, 2.05) is 0 Å². The van der Waals surface area contributed by atoms with E-state index in [1.165, 1.54) is 63.1 Å². The van der Waals surface area contributed by atoms with Gasteiger partial charge in [0.2, 0.25) is 5.91 Å². The van der Waals surface area contributed by atoms with E-state index in [9.17, 15) is 9.59 Å². The molecule has 0 aromatic carbocycles. The fraction of sp³-hybridized carbons (Fsp3) is 0.875. The smallest absolute Gasteiger partial charge is 0.316 e. The molecule has 9 atom stereocenters. The monoisotopic (exact) mass is 546 g/mol. The summed E-state index contributed by atoms with van der Waals surface area (Å²) in [5, 5.41) is 0. The minimum absolute atomic E-state index is 0.0276. The fourth-order valence-electron chi connectivity index (χ4n) is 9.32. The maximum atomic E-state index is 12.5. The van der Waals surface area contributed by atoms with Gasteiger partial charge in [-0.1, -0.05) is 65.5 Å². The first-order valence-corrected chi connectivity index (χ1v) is 16.6. The molecular weight excluding hydrogens is 492 g/mol. The zero-order valence-corrected chi connectivity index (χ0v) is 25.5. The Hall–Kier alpha value is -1.01. The predicted molar refractivity (Wildman–Crippen MR) is 157 cm³/mol. The van der Waals surface area contributed by atoms with Gasteiger partial charge in [0.05, 0.1) is 11.8 Å². The Morgan fingerprint density at radius 2 is 1.84 bits per heavy atom. The number of rotatable bonds is 11. The number of ether oxygens (including phenoxy) is 1. The van der Waals surface area contributed by atoms with Gasteiger partial charge in [-0.2, -0.15) is 0 Å². The lowest BCUT2D eigenvalue weighted by molar-refractivity contribution is -0.148. The van der Waals surface area contributed by atoms with Crippen LogP contribution in [0.15, 0.2) is 11.6 Å². The Morgan fingerprint density at radius 3 is 2.55 bits per heavy atom.